The number of rotatable bonds is 6. The van der Waals surface area contributed by atoms with E-state index in [2.05, 4.69) is 26.7 Å². The Hall–Kier alpha value is -3.42. The van der Waals surface area contributed by atoms with Crippen LogP contribution in [0.25, 0.3) is 16.7 Å². The summed E-state index contributed by atoms with van der Waals surface area (Å²) in [4.78, 5) is 9.00. The van der Waals surface area contributed by atoms with E-state index in [0.29, 0.717) is 23.0 Å². The SMILES string of the molecule is C=CCc1ccc(OC(C)c2nc3c4cnn(C)c4ncn3n2)c(OC)c1. The van der Waals surface area contributed by atoms with Crippen molar-refractivity contribution in [1.82, 2.24) is 29.4 Å². The fraction of sp³-hybridized carbons (Fsp3) is 0.263. The molecule has 8 nitrogen and oxygen atoms in total. The molecule has 27 heavy (non-hydrogen) atoms. The Morgan fingerprint density at radius 3 is 2.89 bits per heavy atom. The molecule has 0 bridgehead atoms. The molecule has 4 rings (SSSR count). The Kier molecular flexibility index (Phi) is 4.23. The second kappa shape index (κ2) is 6.71. The van der Waals surface area contributed by atoms with Crippen molar-refractivity contribution in [3.63, 3.8) is 0 Å². The predicted molar refractivity (Wildman–Crippen MR) is 101 cm³/mol. The van der Waals surface area contributed by atoms with Crippen LogP contribution in [0.15, 0.2) is 43.4 Å². The van der Waals surface area contributed by atoms with Crippen molar-refractivity contribution in [2.24, 2.45) is 7.05 Å². The minimum Gasteiger partial charge on any atom is -0.493 e. The highest BCUT2D eigenvalue weighted by molar-refractivity contribution is 5.88. The first-order chi connectivity index (χ1) is 13.1. The molecule has 0 aliphatic heterocycles. The van der Waals surface area contributed by atoms with Gasteiger partial charge < -0.3 is 9.47 Å². The van der Waals surface area contributed by atoms with Gasteiger partial charge in [0.2, 0.25) is 0 Å². The van der Waals surface area contributed by atoms with Crippen molar-refractivity contribution >= 4 is 16.7 Å². The Morgan fingerprint density at radius 1 is 1.26 bits per heavy atom. The van der Waals surface area contributed by atoms with E-state index in [1.165, 1.54) is 0 Å². The van der Waals surface area contributed by atoms with Crippen LogP contribution in [0.4, 0.5) is 0 Å². The van der Waals surface area contributed by atoms with Gasteiger partial charge in [-0.25, -0.2) is 14.5 Å². The molecule has 1 aromatic carbocycles. The molecule has 0 saturated carbocycles. The number of methoxy groups -OCH3 is 1. The molecule has 1 unspecified atom stereocenters. The van der Waals surface area contributed by atoms with Gasteiger partial charge in [0.15, 0.2) is 34.7 Å². The second-order valence-electron chi connectivity index (χ2n) is 6.23. The van der Waals surface area contributed by atoms with E-state index in [1.807, 2.05) is 38.2 Å². The minimum absolute atomic E-state index is 0.365. The third kappa shape index (κ3) is 2.99. The highest BCUT2D eigenvalue weighted by Gasteiger charge is 2.18. The lowest BCUT2D eigenvalue weighted by molar-refractivity contribution is 0.206. The van der Waals surface area contributed by atoms with E-state index in [-0.39, 0.29) is 6.10 Å². The number of aryl methyl sites for hydroxylation is 1. The predicted octanol–water partition coefficient (Wildman–Crippen LogP) is 2.89. The van der Waals surface area contributed by atoms with Gasteiger partial charge in [0.25, 0.3) is 0 Å². The molecule has 0 radical (unpaired) electrons. The maximum absolute atomic E-state index is 6.07. The summed E-state index contributed by atoms with van der Waals surface area (Å²) in [6, 6.07) is 5.83. The van der Waals surface area contributed by atoms with E-state index >= 15 is 0 Å². The normalized spacial score (nSPS) is 12.4. The summed E-state index contributed by atoms with van der Waals surface area (Å²) in [5, 5.41) is 9.57. The van der Waals surface area contributed by atoms with Crippen LogP contribution in [0, 0.1) is 0 Å². The molecule has 0 aliphatic rings. The summed E-state index contributed by atoms with van der Waals surface area (Å²) in [5.74, 6) is 1.87. The Bertz CT molecular complexity index is 1130. The highest BCUT2D eigenvalue weighted by Crippen LogP contribution is 2.32. The molecule has 0 saturated heterocycles. The van der Waals surface area contributed by atoms with Gasteiger partial charge in [-0.2, -0.15) is 5.10 Å². The molecule has 0 spiro atoms. The number of ether oxygens (including phenoxy) is 2. The zero-order valence-electron chi connectivity index (χ0n) is 15.5. The number of hydrogen-bond acceptors (Lipinski definition) is 6. The lowest BCUT2D eigenvalue weighted by Gasteiger charge is -2.15. The van der Waals surface area contributed by atoms with Gasteiger partial charge in [0, 0.05) is 7.05 Å². The zero-order chi connectivity index (χ0) is 19.0. The first-order valence-electron chi connectivity index (χ1n) is 8.58. The molecule has 0 fully saturated rings. The molecular formula is C19H20N6O2. The average Bonchev–Trinajstić information content (AvgIpc) is 3.27. The molecule has 8 heteroatoms. The first-order valence-corrected chi connectivity index (χ1v) is 8.58. The number of fused-ring (bicyclic) bond motifs is 3. The van der Waals surface area contributed by atoms with Crippen LogP contribution in [-0.4, -0.2) is 36.5 Å². The first kappa shape index (κ1) is 17.0. The molecule has 3 heterocycles. The monoisotopic (exact) mass is 364 g/mol. The number of hydrogen-bond donors (Lipinski definition) is 0. The van der Waals surface area contributed by atoms with E-state index in [1.54, 1.807) is 28.8 Å². The van der Waals surface area contributed by atoms with Crippen molar-refractivity contribution in [3.8, 4) is 11.5 Å². The van der Waals surface area contributed by atoms with Crippen LogP contribution in [-0.2, 0) is 13.5 Å². The Morgan fingerprint density at radius 2 is 2.11 bits per heavy atom. The molecule has 0 amide bonds. The summed E-state index contributed by atoms with van der Waals surface area (Å²) in [7, 11) is 3.47. The third-order valence-electron chi connectivity index (χ3n) is 4.36. The summed E-state index contributed by atoms with van der Waals surface area (Å²) in [6.07, 6.45) is 5.63. The van der Waals surface area contributed by atoms with Crippen LogP contribution >= 0.6 is 0 Å². The minimum atomic E-state index is -0.365. The zero-order valence-corrected chi connectivity index (χ0v) is 15.5. The molecule has 1 atom stereocenters. The van der Waals surface area contributed by atoms with Gasteiger partial charge >= 0.3 is 0 Å². The van der Waals surface area contributed by atoms with Crippen LogP contribution in [0.2, 0.25) is 0 Å². The van der Waals surface area contributed by atoms with Gasteiger partial charge in [0.1, 0.15) is 6.33 Å². The van der Waals surface area contributed by atoms with Crippen LogP contribution in [0.3, 0.4) is 0 Å². The second-order valence-corrected chi connectivity index (χ2v) is 6.23. The lowest BCUT2D eigenvalue weighted by atomic mass is 10.1. The van der Waals surface area contributed by atoms with Crippen molar-refractivity contribution in [2.75, 3.05) is 7.11 Å². The maximum Gasteiger partial charge on any atom is 0.192 e. The quantitative estimate of drug-likeness (QED) is 0.490. The van der Waals surface area contributed by atoms with E-state index in [9.17, 15) is 0 Å². The third-order valence-corrected chi connectivity index (χ3v) is 4.36. The van der Waals surface area contributed by atoms with Gasteiger partial charge in [-0.3, -0.25) is 4.68 Å². The number of nitrogens with zero attached hydrogens (tertiary/aromatic N) is 6. The van der Waals surface area contributed by atoms with Crippen molar-refractivity contribution in [1.29, 1.82) is 0 Å². The van der Waals surface area contributed by atoms with Gasteiger partial charge in [-0.15, -0.1) is 11.7 Å². The number of benzene rings is 1. The van der Waals surface area contributed by atoms with Crippen LogP contribution < -0.4 is 9.47 Å². The lowest BCUT2D eigenvalue weighted by Crippen LogP contribution is -2.06. The maximum atomic E-state index is 6.07. The van der Waals surface area contributed by atoms with Crippen molar-refractivity contribution < 1.29 is 9.47 Å². The smallest absolute Gasteiger partial charge is 0.192 e. The summed E-state index contributed by atoms with van der Waals surface area (Å²) in [6.45, 7) is 5.67. The summed E-state index contributed by atoms with van der Waals surface area (Å²) < 4.78 is 14.9. The van der Waals surface area contributed by atoms with Crippen LogP contribution in [0.1, 0.15) is 24.4 Å². The average molecular weight is 364 g/mol. The fourth-order valence-electron chi connectivity index (χ4n) is 2.97. The molecule has 0 N–H and O–H groups in total. The molecule has 4 aromatic rings. The van der Waals surface area contributed by atoms with Crippen molar-refractivity contribution in [3.05, 3.63) is 54.8 Å². The summed E-state index contributed by atoms with van der Waals surface area (Å²) in [5.41, 5.74) is 2.57. The van der Waals surface area contributed by atoms with Gasteiger partial charge in [-0.1, -0.05) is 12.1 Å². The van der Waals surface area contributed by atoms with Gasteiger partial charge in [0.05, 0.1) is 18.7 Å². The molecule has 0 aliphatic carbocycles. The Labute approximate surface area is 156 Å². The van der Waals surface area contributed by atoms with Crippen LogP contribution in [0.5, 0.6) is 11.5 Å². The molecule has 3 aromatic heterocycles. The summed E-state index contributed by atoms with van der Waals surface area (Å²) >= 11 is 0. The number of aromatic nitrogens is 6. The van der Waals surface area contributed by atoms with Crippen molar-refractivity contribution in [2.45, 2.75) is 19.4 Å². The largest absolute Gasteiger partial charge is 0.493 e. The topological polar surface area (TPSA) is 79.4 Å². The van der Waals surface area contributed by atoms with E-state index in [0.717, 1.165) is 23.0 Å². The Balaban J connectivity index is 1.66. The standard InChI is InChI=1S/C19H20N6O2/c1-5-6-13-7-8-15(16(9-13)26-4)27-12(2)17-22-19-14-10-21-24(3)18(14)20-11-25(19)23-17/h5,7-12H,1,6H2,2-4H3. The molecule has 138 valence electrons. The van der Waals surface area contributed by atoms with E-state index in [4.69, 9.17) is 9.47 Å². The fourth-order valence-corrected chi connectivity index (χ4v) is 2.97. The molecular weight excluding hydrogens is 344 g/mol. The highest BCUT2D eigenvalue weighted by atomic mass is 16.5. The van der Waals surface area contributed by atoms with Gasteiger partial charge in [-0.05, 0) is 31.0 Å². The van der Waals surface area contributed by atoms with E-state index < -0.39 is 0 Å². The number of allylic oxidation sites excluding steroid dienone is 1.